The Balaban J connectivity index is 2.22. The number of allylic oxidation sites excluding steroid dienone is 2. The summed E-state index contributed by atoms with van der Waals surface area (Å²) in [6.07, 6.45) is 0.487. The van der Waals surface area contributed by atoms with Crippen LogP contribution in [0.1, 0.15) is 32.8 Å². The summed E-state index contributed by atoms with van der Waals surface area (Å²) in [4.78, 5) is 0. The molecule has 0 aromatic heterocycles. The fourth-order valence-corrected chi connectivity index (χ4v) is 2.87. The van der Waals surface area contributed by atoms with Gasteiger partial charge in [0, 0.05) is 12.7 Å². The minimum atomic E-state index is -4.42. The Morgan fingerprint density at radius 3 is 2.57 bits per heavy atom. The van der Waals surface area contributed by atoms with Gasteiger partial charge in [0.1, 0.15) is 11.9 Å². The standard InChI is InChI=1S/C18H22F3NO/c1-11-5-7-15(12(2)9-11)13(3)23-14-6-8-17(22-4)16(10-14)18(19,20)21/h6-11,13,22H,5H2,1-4H3. The number of anilines is 1. The number of hydrogen-bond acceptors (Lipinski definition) is 2. The molecule has 1 N–H and O–H groups in total. The van der Waals surface area contributed by atoms with Crippen LogP contribution < -0.4 is 10.1 Å². The van der Waals surface area contributed by atoms with Gasteiger partial charge in [0.15, 0.2) is 0 Å². The van der Waals surface area contributed by atoms with E-state index in [-0.39, 0.29) is 17.5 Å². The Labute approximate surface area is 135 Å². The van der Waals surface area contributed by atoms with Gasteiger partial charge in [-0.15, -0.1) is 0 Å². The Morgan fingerprint density at radius 1 is 1.30 bits per heavy atom. The summed E-state index contributed by atoms with van der Waals surface area (Å²) < 4.78 is 45.0. The van der Waals surface area contributed by atoms with Gasteiger partial charge in [-0.1, -0.05) is 19.1 Å². The lowest BCUT2D eigenvalue weighted by Crippen LogP contribution is -2.19. The van der Waals surface area contributed by atoms with Crippen molar-refractivity contribution < 1.29 is 17.9 Å². The first-order valence-corrected chi connectivity index (χ1v) is 7.67. The summed E-state index contributed by atoms with van der Waals surface area (Å²) in [5.41, 5.74) is 1.48. The largest absolute Gasteiger partial charge is 0.486 e. The van der Waals surface area contributed by atoms with Crippen LogP contribution in [0.5, 0.6) is 5.75 Å². The highest BCUT2D eigenvalue weighted by molar-refractivity contribution is 5.55. The third kappa shape index (κ3) is 4.09. The first-order chi connectivity index (χ1) is 10.7. The maximum absolute atomic E-state index is 13.1. The predicted molar refractivity (Wildman–Crippen MR) is 86.7 cm³/mol. The van der Waals surface area contributed by atoms with Gasteiger partial charge in [-0.3, -0.25) is 0 Å². The Morgan fingerprint density at radius 2 is 2.00 bits per heavy atom. The molecule has 0 heterocycles. The molecule has 0 aliphatic heterocycles. The lowest BCUT2D eigenvalue weighted by Gasteiger charge is -2.24. The molecular weight excluding hydrogens is 303 g/mol. The second-order valence-corrected chi connectivity index (χ2v) is 5.94. The molecule has 2 atom stereocenters. The summed E-state index contributed by atoms with van der Waals surface area (Å²) in [6.45, 7) is 6.00. The average Bonchev–Trinajstić information content (AvgIpc) is 2.46. The molecular formula is C18H22F3NO. The summed E-state index contributed by atoms with van der Waals surface area (Å²) in [5.74, 6) is 0.703. The minimum absolute atomic E-state index is 0.0410. The Bertz CT molecular complexity index is 632. The Hall–Kier alpha value is -1.91. The van der Waals surface area contributed by atoms with Crippen molar-refractivity contribution in [1.29, 1.82) is 0 Å². The summed E-state index contributed by atoms with van der Waals surface area (Å²) in [7, 11) is 1.47. The Kier molecular flexibility index (Phi) is 5.07. The smallest absolute Gasteiger partial charge is 0.418 e. The second-order valence-electron chi connectivity index (χ2n) is 5.94. The molecule has 0 saturated heterocycles. The molecule has 5 heteroatoms. The van der Waals surface area contributed by atoms with Crippen LogP contribution >= 0.6 is 0 Å². The first-order valence-electron chi connectivity index (χ1n) is 7.67. The van der Waals surface area contributed by atoms with Gasteiger partial charge in [0.2, 0.25) is 0 Å². The fourth-order valence-electron chi connectivity index (χ4n) is 2.87. The number of benzene rings is 1. The molecule has 2 rings (SSSR count). The van der Waals surface area contributed by atoms with E-state index in [0.717, 1.165) is 23.6 Å². The molecule has 0 amide bonds. The third-order valence-electron chi connectivity index (χ3n) is 4.02. The van der Waals surface area contributed by atoms with E-state index in [1.54, 1.807) is 6.07 Å². The van der Waals surface area contributed by atoms with E-state index in [9.17, 15) is 13.2 Å². The molecule has 0 spiro atoms. The average molecular weight is 325 g/mol. The second kappa shape index (κ2) is 6.69. The quantitative estimate of drug-likeness (QED) is 0.797. The monoisotopic (exact) mass is 325 g/mol. The van der Waals surface area contributed by atoms with Crippen molar-refractivity contribution in [1.82, 2.24) is 0 Å². The molecule has 0 saturated carbocycles. The van der Waals surface area contributed by atoms with E-state index in [2.05, 4.69) is 24.4 Å². The molecule has 2 nitrogen and oxygen atoms in total. The van der Waals surface area contributed by atoms with Gasteiger partial charge in [-0.2, -0.15) is 13.2 Å². The van der Waals surface area contributed by atoms with Crippen LogP contribution in [0.4, 0.5) is 18.9 Å². The zero-order chi connectivity index (χ0) is 17.2. The highest BCUT2D eigenvalue weighted by Gasteiger charge is 2.34. The van der Waals surface area contributed by atoms with Crippen LogP contribution in [-0.4, -0.2) is 13.2 Å². The molecule has 1 aliphatic rings. The van der Waals surface area contributed by atoms with Gasteiger partial charge >= 0.3 is 6.18 Å². The number of rotatable bonds is 4. The lowest BCUT2D eigenvalue weighted by molar-refractivity contribution is -0.137. The highest BCUT2D eigenvalue weighted by Crippen LogP contribution is 2.37. The van der Waals surface area contributed by atoms with Crippen molar-refractivity contribution in [2.24, 2.45) is 5.92 Å². The van der Waals surface area contributed by atoms with Gasteiger partial charge in [0.25, 0.3) is 0 Å². The van der Waals surface area contributed by atoms with Gasteiger partial charge < -0.3 is 10.1 Å². The van der Waals surface area contributed by atoms with Crippen molar-refractivity contribution in [3.05, 3.63) is 47.1 Å². The fraction of sp³-hybridized carbons (Fsp3) is 0.444. The highest BCUT2D eigenvalue weighted by atomic mass is 19.4. The van der Waals surface area contributed by atoms with Gasteiger partial charge in [-0.05, 0) is 55.5 Å². The molecule has 0 radical (unpaired) electrons. The maximum atomic E-state index is 13.1. The normalized spacial score (nSPS) is 19.7. The van der Waals surface area contributed by atoms with Crippen LogP contribution in [0, 0.1) is 5.92 Å². The van der Waals surface area contributed by atoms with Crippen molar-refractivity contribution in [2.45, 2.75) is 39.5 Å². The number of alkyl halides is 3. The summed E-state index contributed by atoms with van der Waals surface area (Å²) >= 11 is 0. The van der Waals surface area contributed by atoms with Crippen molar-refractivity contribution in [2.75, 3.05) is 12.4 Å². The first kappa shape index (κ1) is 17.4. The molecule has 2 unspecified atom stereocenters. The van der Waals surface area contributed by atoms with E-state index in [0.29, 0.717) is 5.92 Å². The van der Waals surface area contributed by atoms with Crippen LogP contribution in [0.25, 0.3) is 0 Å². The van der Waals surface area contributed by atoms with Crippen LogP contribution in [-0.2, 0) is 6.18 Å². The lowest BCUT2D eigenvalue weighted by atomic mass is 9.90. The van der Waals surface area contributed by atoms with Crippen molar-refractivity contribution in [3.8, 4) is 5.75 Å². The number of ether oxygens (including phenoxy) is 1. The third-order valence-corrected chi connectivity index (χ3v) is 4.02. The number of nitrogens with one attached hydrogen (secondary N) is 1. The number of hydrogen-bond donors (Lipinski definition) is 1. The van der Waals surface area contributed by atoms with Gasteiger partial charge in [0.05, 0.1) is 5.56 Å². The maximum Gasteiger partial charge on any atom is 0.418 e. The topological polar surface area (TPSA) is 21.3 Å². The predicted octanol–water partition coefficient (Wildman–Crippen LogP) is 5.43. The van der Waals surface area contributed by atoms with E-state index in [4.69, 9.17) is 4.74 Å². The molecule has 1 aromatic carbocycles. The number of halogens is 3. The SMILES string of the molecule is CNc1ccc(OC(C)C2=CCC(C)C=C2C)cc1C(F)(F)F. The molecule has 0 bridgehead atoms. The molecule has 1 aromatic rings. The van der Waals surface area contributed by atoms with E-state index in [1.165, 1.54) is 13.1 Å². The van der Waals surface area contributed by atoms with Crippen LogP contribution in [0.3, 0.4) is 0 Å². The van der Waals surface area contributed by atoms with Gasteiger partial charge in [-0.25, -0.2) is 0 Å². The van der Waals surface area contributed by atoms with E-state index >= 15 is 0 Å². The summed E-state index contributed by atoms with van der Waals surface area (Å²) in [6, 6.07) is 4.00. The van der Waals surface area contributed by atoms with Crippen molar-refractivity contribution in [3.63, 3.8) is 0 Å². The summed E-state index contributed by atoms with van der Waals surface area (Å²) in [5, 5.41) is 2.56. The van der Waals surface area contributed by atoms with E-state index < -0.39 is 11.7 Å². The van der Waals surface area contributed by atoms with Crippen LogP contribution in [0.15, 0.2) is 41.5 Å². The molecule has 23 heavy (non-hydrogen) atoms. The minimum Gasteiger partial charge on any atom is -0.486 e. The molecule has 126 valence electrons. The van der Waals surface area contributed by atoms with E-state index in [1.807, 2.05) is 13.8 Å². The zero-order valence-corrected chi connectivity index (χ0v) is 13.8. The zero-order valence-electron chi connectivity index (χ0n) is 13.8. The molecule has 0 fully saturated rings. The van der Waals surface area contributed by atoms with Crippen LogP contribution in [0.2, 0.25) is 0 Å². The van der Waals surface area contributed by atoms with Crippen molar-refractivity contribution >= 4 is 5.69 Å². The molecule has 1 aliphatic carbocycles.